The van der Waals surface area contributed by atoms with Crippen LogP contribution in [0.25, 0.3) is 66.3 Å². The van der Waals surface area contributed by atoms with E-state index >= 15 is 0 Å². The van der Waals surface area contributed by atoms with Gasteiger partial charge in [-0.15, -0.1) is 0 Å². The number of rotatable bonds is 7. The molecule has 12 heteroatoms. The average Bonchev–Trinajstić information content (AvgIpc) is 3.57. The second-order valence-electron chi connectivity index (χ2n) is 14.3. The van der Waals surface area contributed by atoms with E-state index in [-0.39, 0.29) is 11.1 Å². The fourth-order valence-electron chi connectivity index (χ4n) is 7.73. The van der Waals surface area contributed by atoms with E-state index in [9.17, 15) is 43.9 Å². The van der Waals surface area contributed by atoms with Gasteiger partial charge in [-0.3, -0.25) is 0 Å². The van der Waals surface area contributed by atoms with Crippen molar-refractivity contribution < 1.29 is 43.9 Å². The summed E-state index contributed by atoms with van der Waals surface area (Å²) in [7, 11) is 2.00. The van der Waals surface area contributed by atoms with Crippen molar-refractivity contribution in [3.8, 4) is 44.5 Å². The van der Waals surface area contributed by atoms with Crippen LogP contribution in [0.1, 0.15) is 0 Å². The molecule has 1 heterocycles. The molecule has 9 rings (SSSR count). The molecule has 2 nitrogen and oxygen atoms in total. The van der Waals surface area contributed by atoms with Crippen molar-refractivity contribution in [2.24, 2.45) is 7.05 Å². The molecule has 9 aromatic rings. The number of hydrogen-bond donors (Lipinski definition) is 0. The molecule has 0 saturated heterocycles. The number of halogens is 10. The highest BCUT2D eigenvalue weighted by Gasteiger charge is 2.28. The summed E-state index contributed by atoms with van der Waals surface area (Å²) in [5, 5.41) is 2.09. The molecule has 0 unspecified atom stereocenters. The molecule has 1 aromatic heterocycles. The summed E-state index contributed by atoms with van der Waals surface area (Å²) in [5.41, 5.74) is 4.10. The maximum atomic E-state index is 14.8. The van der Waals surface area contributed by atoms with Gasteiger partial charge in [0.2, 0.25) is 11.6 Å². The van der Waals surface area contributed by atoms with Crippen LogP contribution in [0.2, 0.25) is 0 Å². The molecular formula is C49H26F10N2. The van der Waals surface area contributed by atoms with Gasteiger partial charge in [-0.25, -0.2) is 43.9 Å². The summed E-state index contributed by atoms with van der Waals surface area (Å²) in [6.07, 6.45) is 0. The molecule has 0 saturated carbocycles. The van der Waals surface area contributed by atoms with E-state index in [1.807, 2.05) is 61.6 Å². The Morgan fingerprint density at radius 1 is 0.311 bits per heavy atom. The van der Waals surface area contributed by atoms with Gasteiger partial charge in [-0.05, 0) is 94.0 Å². The molecule has 0 atom stereocenters. The number of anilines is 3. The van der Waals surface area contributed by atoms with E-state index in [0.29, 0.717) is 17.1 Å². The molecule has 8 aromatic carbocycles. The minimum atomic E-state index is -2.30. The highest BCUT2D eigenvalue weighted by molar-refractivity contribution is 6.10. The third-order valence-electron chi connectivity index (χ3n) is 10.8. The summed E-state index contributed by atoms with van der Waals surface area (Å²) in [4.78, 5) is 1.60. The maximum absolute atomic E-state index is 14.8. The summed E-state index contributed by atoms with van der Waals surface area (Å²) in [6.45, 7) is 0. The van der Waals surface area contributed by atoms with Crippen molar-refractivity contribution in [3.05, 3.63) is 198 Å². The predicted octanol–water partition coefficient (Wildman–Crippen LogP) is 14.9. The monoisotopic (exact) mass is 832 g/mol. The molecule has 0 aliphatic heterocycles. The SMILES string of the molecule is Cn1c2ccc(-c3ccccc3)cc2c2cc(-c3ccc(N(c4ccc(-c5c(F)c(F)c(F)c(F)c5F)cc4)c4ccc(-c5c(F)c(F)c(F)c(F)c5F)cc4)cc3)ccc21. The zero-order valence-electron chi connectivity index (χ0n) is 31.5. The first-order chi connectivity index (χ1) is 29.3. The molecular weight excluding hydrogens is 807 g/mol. The third-order valence-corrected chi connectivity index (χ3v) is 10.8. The van der Waals surface area contributed by atoms with Crippen LogP contribution in [0.15, 0.2) is 140 Å². The molecule has 61 heavy (non-hydrogen) atoms. The van der Waals surface area contributed by atoms with Crippen molar-refractivity contribution in [3.63, 3.8) is 0 Å². The number of hydrogen-bond acceptors (Lipinski definition) is 1. The molecule has 0 bridgehead atoms. The van der Waals surface area contributed by atoms with E-state index in [1.165, 1.54) is 24.3 Å². The van der Waals surface area contributed by atoms with E-state index in [2.05, 4.69) is 28.8 Å². The lowest BCUT2D eigenvalue weighted by Gasteiger charge is -2.26. The molecule has 0 spiro atoms. The van der Waals surface area contributed by atoms with Gasteiger partial charge in [0.1, 0.15) is 0 Å². The summed E-state index contributed by atoms with van der Waals surface area (Å²) < 4.78 is 145. The van der Waals surface area contributed by atoms with Crippen molar-refractivity contribution in [2.45, 2.75) is 0 Å². The Morgan fingerprint density at radius 2 is 0.607 bits per heavy atom. The summed E-state index contributed by atoms with van der Waals surface area (Å²) >= 11 is 0. The van der Waals surface area contributed by atoms with Crippen LogP contribution in [0.3, 0.4) is 0 Å². The minimum absolute atomic E-state index is 0.302. The lowest BCUT2D eigenvalue weighted by Crippen LogP contribution is -2.10. The molecule has 0 aliphatic rings. The van der Waals surface area contributed by atoms with Gasteiger partial charge in [0.05, 0.1) is 11.1 Å². The van der Waals surface area contributed by atoms with E-state index in [0.717, 1.165) is 68.3 Å². The zero-order valence-corrected chi connectivity index (χ0v) is 31.5. The first-order valence-corrected chi connectivity index (χ1v) is 18.6. The van der Waals surface area contributed by atoms with Gasteiger partial charge < -0.3 is 9.47 Å². The summed E-state index contributed by atoms with van der Waals surface area (Å²) in [5.74, 6) is -21.1. The lowest BCUT2D eigenvalue weighted by molar-refractivity contribution is 0.381. The smallest absolute Gasteiger partial charge is 0.200 e. The van der Waals surface area contributed by atoms with E-state index in [4.69, 9.17) is 0 Å². The Kier molecular flexibility index (Phi) is 9.65. The van der Waals surface area contributed by atoms with E-state index < -0.39 is 69.3 Å². The minimum Gasteiger partial charge on any atom is -0.344 e. The van der Waals surface area contributed by atoms with Gasteiger partial charge in [0.25, 0.3) is 0 Å². The Balaban J connectivity index is 1.13. The Morgan fingerprint density at radius 3 is 0.967 bits per heavy atom. The van der Waals surface area contributed by atoms with Gasteiger partial charge in [-0.1, -0.05) is 78.9 Å². The molecule has 0 amide bonds. The van der Waals surface area contributed by atoms with Gasteiger partial charge >= 0.3 is 0 Å². The van der Waals surface area contributed by atoms with Gasteiger partial charge in [0.15, 0.2) is 46.5 Å². The van der Waals surface area contributed by atoms with E-state index in [1.54, 1.807) is 17.0 Å². The first kappa shape index (κ1) is 39.1. The standard InChI is InChI=1S/C49H26F10N2/c1-60-36-21-13-29(25-5-3-2-4-6-25)23-34(36)35-24-30(14-22-37(35)60)26-7-15-31(16-8-26)61(32-17-9-27(10-18-32)38-40(50)44(54)48(58)45(55)41(38)51)33-19-11-28(12-20-33)39-42(52)46(56)49(59)47(57)43(39)53/h2-24H,1H3. The van der Waals surface area contributed by atoms with Crippen LogP contribution >= 0.6 is 0 Å². The highest BCUT2D eigenvalue weighted by Crippen LogP contribution is 2.41. The third kappa shape index (κ3) is 6.46. The van der Waals surface area contributed by atoms with Crippen LogP contribution in [0, 0.1) is 58.2 Å². The largest absolute Gasteiger partial charge is 0.344 e. The van der Waals surface area contributed by atoms with Crippen molar-refractivity contribution in [2.75, 3.05) is 4.90 Å². The van der Waals surface area contributed by atoms with Crippen LogP contribution in [0.5, 0.6) is 0 Å². The Labute approximate surface area is 340 Å². The lowest BCUT2D eigenvalue weighted by atomic mass is 9.99. The first-order valence-electron chi connectivity index (χ1n) is 18.6. The quantitative estimate of drug-likeness (QED) is 0.0882. The number of fused-ring (bicyclic) bond motifs is 3. The molecule has 0 N–H and O–H groups in total. The zero-order chi connectivity index (χ0) is 42.9. The number of aryl methyl sites for hydroxylation is 1. The molecule has 0 aliphatic carbocycles. The maximum Gasteiger partial charge on any atom is 0.200 e. The van der Waals surface area contributed by atoms with Gasteiger partial charge in [-0.2, -0.15) is 0 Å². The number of nitrogens with zero attached hydrogens (tertiary/aromatic N) is 2. The van der Waals surface area contributed by atoms with Crippen LogP contribution in [-0.2, 0) is 7.05 Å². The van der Waals surface area contributed by atoms with Crippen molar-refractivity contribution >= 4 is 38.9 Å². The molecule has 302 valence electrons. The van der Waals surface area contributed by atoms with Crippen LogP contribution < -0.4 is 4.90 Å². The van der Waals surface area contributed by atoms with Crippen molar-refractivity contribution in [1.29, 1.82) is 0 Å². The van der Waals surface area contributed by atoms with Crippen LogP contribution in [-0.4, -0.2) is 4.57 Å². The normalized spacial score (nSPS) is 11.5. The fraction of sp³-hybridized carbons (Fsp3) is 0.0204. The average molecular weight is 833 g/mol. The Hall–Kier alpha value is -7.34. The second-order valence-corrected chi connectivity index (χ2v) is 14.3. The topological polar surface area (TPSA) is 8.17 Å². The number of benzene rings is 8. The Bertz CT molecular complexity index is 3010. The second kappa shape index (κ2) is 15.0. The van der Waals surface area contributed by atoms with Gasteiger partial charge in [0, 0.05) is 45.9 Å². The van der Waals surface area contributed by atoms with Crippen molar-refractivity contribution in [1.82, 2.24) is 4.57 Å². The summed E-state index contributed by atoms with van der Waals surface area (Å²) in [6, 6.07) is 39.7. The fourth-order valence-corrected chi connectivity index (χ4v) is 7.73. The molecule has 0 radical (unpaired) electrons. The highest BCUT2D eigenvalue weighted by atomic mass is 19.2. The predicted molar refractivity (Wildman–Crippen MR) is 216 cm³/mol. The number of aromatic nitrogens is 1. The van der Waals surface area contributed by atoms with Crippen LogP contribution in [0.4, 0.5) is 61.0 Å². The molecule has 0 fully saturated rings.